The van der Waals surface area contributed by atoms with Crippen LogP contribution < -0.4 is 9.80 Å². The van der Waals surface area contributed by atoms with Crippen LogP contribution in [0.2, 0.25) is 0 Å². The maximum absolute atomic E-state index is 12.6. The van der Waals surface area contributed by atoms with Crippen molar-refractivity contribution in [3.05, 3.63) is 53.7 Å². The first-order valence-corrected chi connectivity index (χ1v) is 6.71. The molecule has 2 heterocycles. The Labute approximate surface area is 118 Å². The van der Waals surface area contributed by atoms with Gasteiger partial charge in [-0.1, -0.05) is 24.3 Å². The molecule has 102 valence electrons. The van der Waals surface area contributed by atoms with Gasteiger partial charge in [0.25, 0.3) is 5.91 Å². The molecule has 0 N–H and O–H groups in total. The number of hydrogen-bond acceptors (Lipinski definition) is 3. The fourth-order valence-electron chi connectivity index (χ4n) is 2.48. The molecule has 0 spiro atoms. The van der Waals surface area contributed by atoms with E-state index in [0.717, 1.165) is 24.5 Å². The highest BCUT2D eigenvalue weighted by Crippen LogP contribution is 2.28. The summed E-state index contributed by atoms with van der Waals surface area (Å²) in [5.74, 6) is 0.766. The lowest BCUT2D eigenvalue weighted by Gasteiger charge is -2.18. The molecule has 20 heavy (non-hydrogen) atoms. The average Bonchev–Trinajstić information content (AvgIpc) is 2.90. The molecule has 0 radical (unpaired) electrons. The highest BCUT2D eigenvalue weighted by molar-refractivity contribution is 6.06. The number of nitrogens with zero attached hydrogens (tertiary/aromatic N) is 3. The molecule has 0 unspecified atom stereocenters. The van der Waals surface area contributed by atoms with E-state index in [0.29, 0.717) is 5.69 Å². The Kier molecular flexibility index (Phi) is 3.14. The second kappa shape index (κ2) is 4.96. The van der Waals surface area contributed by atoms with Crippen molar-refractivity contribution in [3.63, 3.8) is 0 Å². The van der Waals surface area contributed by atoms with Crippen molar-refractivity contribution in [3.8, 4) is 0 Å². The van der Waals surface area contributed by atoms with E-state index in [1.165, 1.54) is 5.56 Å². The van der Waals surface area contributed by atoms with Gasteiger partial charge >= 0.3 is 0 Å². The molecule has 2 aromatic rings. The monoisotopic (exact) mass is 267 g/mol. The van der Waals surface area contributed by atoms with Gasteiger partial charge < -0.3 is 9.80 Å². The standard InChI is InChI=1S/C16H17N3O/c1-18(2)15-9-5-7-13(17-15)16(20)19-11-10-12-6-3-4-8-14(12)19/h3-9H,10-11H2,1-2H3. The lowest BCUT2D eigenvalue weighted by molar-refractivity contribution is 0.0984. The third-order valence-electron chi connectivity index (χ3n) is 3.54. The maximum Gasteiger partial charge on any atom is 0.276 e. The van der Waals surface area contributed by atoms with Crippen LogP contribution >= 0.6 is 0 Å². The Morgan fingerprint density at radius 2 is 1.95 bits per heavy atom. The van der Waals surface area contributed by atoms with E-state index < -0.39 is 0 Å². The van der Waals surface area contributed by atoms with Gasteiger partial charge in [-0.2, -0.15) is 0 Å². The zero-order valence-electron chi connectivity index (χ0n) is 11.7. The molecule has 1 aliphatic rings. The molecular formula is C16H17N3O. The number of pyridine rings is 1. The number of carbonyl (C=O) groups excluding carboxylic acids is 1. The number of carbonyl (C=O) groups is 1. The van der Waals surface area contributed by atoms with Crippen LogP contribution in [0, 0.1) is 0 Å². The van der Waals surface area contributed by atoms with Crippen molar-refractivity contribution < 1.29 is 4.79 Å². The van der Waals surface area contributed by atoms with Crippen molar-refractivity contribution in [2.24, 2.45) is 0 Å². The summed E-state index contributed by atoms with van der Waals surface area (Å²) in [5.41, 5.74) is 2.73. The van der Waals surface area contributed by atoms with E-state index in [4.69, 9.17) is 0 Å². The first kappa shape index (κ1) is 12.7. The Morgan fingerprint density at radius 1 is 1.15 bits per heavy atom. The van der Waals surface area contributed by atoms with Crippen LogP contribution in [-0.2, 0) is 6.42 Å². The van der Waals surface area contributed by atoms with Gasteiger partial charge in [0, 0.05) is 26.3 Å². The van der Waals surface area contributed by atoms with Gasteiger partial charge in [-0.15, -0.1) is 0 Å². The van der Waals surface area contributed by atoms with Gasteiger partial charge in [-0.3, -0.25) is 4.79 Å². The Balaban J connectivity index is 1.93. The summed E-state index contributed by atoms with van der Waals surface area (Å²) < 4.78 is 0. The van der Waals surface area contributed by atoms with Crippen molar-refractivity contribution >= 4 is 17.4 Å². The number of anilines is 2. The maximum atomic E-state index is 12.6. The van der Waals surface area contributed by atoms with Gasteiger partial charge in [-0.05, 0) is 30.2 Å². The largest absolute Gasteiger partial charge is 0.363 e. The van der Waals surface area contributed by atoms with Crippen molar-refractivity contribution in [1.29, 1.82) is 0 Å². The van der Waals surface area contributed by atoms with Crippen LogP contribution in [0.5, 0.6) is 0 Å². The summed E-state index contributed by atoms with van der Waals surface area (Å²) in [6, 6.07) is 13.6. The number of fused-ring (bicyclic) bond motifs is 1. The SMILES string of the molecule is CN(C)c1cccc(C(=O)N2CCc3ccccc32)n1. The quantitative estimate of drug-likeness (QED) is 0.838. The van der Waals surface area contributed by atoms with Crippen LogP contribution in [-0.4, -0.2) is 31.5 Å². The molecule has 0 saturated carbocycles. The number of hydrogen-bond donors (Lipinski definition) is 0. The second-order valence-corrected chi connectivity index (χ2v) is 5.11. The van der Waals surface area contributed by atoms with Gasteiger partial charge in [0.15, 0.2) is 0 Å². The number of aromatic nitrogens is 1. The first-order chi connectivity index (χ1) is 9.66. The van der Waals surface area contributed by atoms with Crippen LogP contribution in [0.15, 0.2) is 42.5 Å². The minimum absolute atomic E-state index is 0.0290. The Morgan fingerprint density at radius 3 is 2.75 bits per heavy atom. The number of amides is 1. The molecule has 4 nitrogen and oxygen atoms in total. The summed E-state index contributed by atoms with van der Waals surface area (Å²) in [6.45, 7) is 0.728. The van der Waals surface area contributed by atoms with Crippen LogP contribution in [0.4, 0.5) is 11.5 Å². The summed E-state index contributed by atoms with van der Waals surface area (Å²) in [6.07, 6.45) is 0.912. The second-order valence-electron chi connectivity index (χ2n) is 5.11. The lowest BCUT2D eigenvalue weighted by atomic mass is 10.2. The van der Waals surface area contributed by atoms with E-state index in [9.17, 15) is 4.79 Å². The molecule has 0 fully saturated rings. The summed E-state index contributed by atoms with van der Waals surface area (Å²) in [7, 11) is 3.84. The van der Waals surface area contributed by atoms with E-state index in [-0.39, 0.29) is 5.91 Å². The van der Waals surface area contributed by atoms with Gasteiger partial charge in [0.05, 0.1) is 0 Å². The highest BCUT2D eigenvalue weighted by Gasteiger charge is 2.25. The number of rotatable bonds is 2. The zero-order chi connectivity index (χ0) is 14.1. The molecule has 1 aromatic carbocycles. The molecule has 4 heteroatoms. The fraction of sp³-hybridized carbons (Fsp3) is 0.250. The van der Waals surface area contributed by atoms with E-state index in [1.54, 1.807) is 6.07 Å². The van der Waals surface area contributed by atoms with Gasteiger partial charge in [0.2, 0.25) is 0 Å². The normalized spacial score (nSPS) is 13.2. The lowest BCUT2D eigenvalue weighted by Crippen LogP contribution is -2.30. The summed E-state index contributed by atoms with van der Waals surface area (Å²) in [4.78, 5) is 20.8. The fourth-order valence-corrected chi connectivity index (χ4v) is 2.48. The van der Waals surface area contributed by atoms with Crippen molar-refractivity contribution in [1.82, 2.24) is 4.98 Å². The Bertz CT molecular complexity index is 652. The van der Waals surface area contributed by atoms with Crippen LogP contribution in [0.25, 0.3) is 0 Å². The topological polar surface area (TPSA) is 36.4 Å². The molecule has 1 aromatic heterocycles. The summed E-state index contributed by atoms with van der Waals surface area (Å²) >= 11 is 0. The molecule has 0 aliphatic carbocycles. The highest BCUT2D eigenvalue weighted by atomic mass is 16.2. The molecule has 0 saturated heterocycles. The first-order valence-electron chi connectivity index (χ1n) is 6.71. The number of benzene rings is 1. The summed E-state index contributed by atoms with van der Waals surface area (Å²) in [5, 5.41) is 0. The number of para-hydroxylation sites is 1. The third kappa shape index (κ3) is 2.13. The predicted octanol–water partition coefficient (Wildman–Crippen LogP) is 2.35. The van der Waals surface area contributed by atoms with Crippen LogP contribution in [0.1, 0.15) is 16.1 Å². The minimum atomic E-state index is -0.0290. The smallest absolute Gasteiger partial charge is 0.276 e. The zero-order valence-corrected chi connectivity index (χ0v) is 11.7. The molecule has 3 rings (SSSR count). The minimum Gasteiger partial charge on any atom is -0.363 e. The third-order valence-corrected chi connectivity index (χ3v) is 3.54. The molecule has 0 atom stereocenters. The van der Waals surface area contributed by atoms with Gasteiger partial charge in [-0.25, -0.2) is 4.98 Å². The average molecular weight is 267 g/mol. The van der Waals surface area contributed by atoms with E-state index >= 15 is 0 Å². The van der Waals surface area contributed by atoms with E-state index in [2.05, 4.69) is 11.1 Å². The van der Waals surface area contributed by atoms with Gasteiger partial charge in [0.1, 0.15) is 11.5 Å². The van der Waals surface area contributed by atoms with Crippen LogP contribution in [0.3, 0.4) is 0 Å². The van der Waals surface area contributed by atoms with Crippen molar-refractivity contribution in [2.75, 3.05) is 30.4 Å². The van der Waals surface area contributed by atoms with E-state index in [1.807, 2.05) is 54.2 Å². The van der Waals surface area contributed by atoms with Crippen molar-refractivity contribution in [2.45, 2.75) is 6.42 Å². The predicted molar refractivity (Wildman–Crippen MR) is 80.4 cm³/mol. The molecular weight excluding hydrogens is 250 g/mol. The molecule has 1 aliphatic heterocycles. The molecule has 0 bridgehead atoms. The Hall–Kier alpha value is -2.36. The molecule has 1 amide bonds.